The average Bonchev–Trinajstić information content (AvgIpc) is 3.09. The fourth-order valence-electron chi connectivity index (χ4n) is 7.68. The topological polar surface area (TPSA) is 55.4 Å². The molecule has 4 nitrogen and oxygen atoms in total. The third-order valence-corrected chi connectivity index (χ3v) is 9.10. The minimum absolute atomic E-state index is 0.228. The smallest absolute Gasteiger partial charge is 0.304 e. The van der Waals surface area contributed by atoms with Gasteiger partial charge in [0.2, 0.25) is 0 Å². The molecule has 0 aromatic heterocycles. The molecule has 1 aromatic rings. The van der Waals surface area contributed by atoms with Crippen LogP contribution in [-0.2, 0) is 14.3 Å². The molecule has 2 saturated carbocycles. The van der Waals surface area contributed by atoms with Crippen LogP contribution in [0.2, 0.25) is 0 Å². The zero-order valence-corrected chi connectivity index (χ0v) is 20.8. The predicted molar refractivity (Wildman–Crippen MR) is 134 cm³/mol. The van der Waals surface area contributed by atoms with Crippen molar-refractivity contribution in [1.82, 2.24) is 0 Å². The van der Waals surface area contributed by atoms with Crippen LogP contribution in [0.15, 0.2) is 47.1 Å². The first-order valence-corrected chi connectivity index (χ1v) is 12.7. The number of ether oxygens (including phenoxy) is 1. The maximum absolute atomic E-state index is 12.3. The van der Waals surface area contributed by atoms with E-state index < -0.39 is 5.60 Å². The summed E-state index contributed by atoms with van der Waals surface area (Å²) >= 11 is 0. The van der Waals surface area contributed by atoms with Crippen LogP contribution >= 0.6 is 0 Å². The van der Waals surface area contributed by atoms with Crippen molar-refractivity contribution in [2.75, 3.05) is 12.4 Å². The molecule has 0 amide bonds. The van der Waals surface area contributed by atoms with Gasteiger partial charge in [0, 0.05) is 37.4 Å². The molecule has 178 valence electrons. The summed E-state index contributed by atoms with van der Waals surface area (Å²) in [7, 11) is 1.94. The lowest BCUT2D eigenvalue weighted by Crippen LogP contribution is -2.53. The fourth-order valence-corrected chi connectivity index (χ4v) is 7.68. The van der Waals surface area contributed by atoms with Crippen molar-refractivity contribution in [2.45, 2.75) is 77.2 Å². The number of ketones is 1. The molecular formula is C30H35NO3. The number of benzene rings is 1. The Morgan fingerprint density at radius 2 is 1.91 bits per heavy atom. The van der Waals surface area contributed by atoms with Gasteiger partial charge in [-0.25, -0.2) is 0 Å². The number of allylic oxidation sites excluding steroid dienone is 4. The van der Waals surface area contributed by atoms with E-state index in [9.17, 15) is 9.59 Å². The van der Waals surface area contributed by atoms with E-state index >= 15 is 0 Å². The highest BCUT2D eigenvalue weighted by molar-refractivity contribution is 5.93. The molecule has 34 heavy (non-hydrogen) atoms. The molecule has 0 radical (unpaired) electrons. The van der Waals surface area contributed by atoms with Crippen LogP contribution in [0.4, 0.5) is 5.69 Å². The summed E-state index contributed by atoms with van der Waals surface area (Å²) in [5.41, 5.74) is 5.68. The van der Waals surface area contributed by atoms with Crippen molar-refractivity contribution in [2.24, 2.45) is 17.3 Å². The monoisotopic (exact) mass is 457 g/mol. The Morgan fingerprint density at radius 3 is 2.59 bits per heavy atom. The van der Waals surface area contributed by atoms with Gasteiger partial charge in [0.25, 0.3) is 0 Å². The molecule has 4 aliphatic carbocycles. The van der Waals surface area contributed by atoms with Crippen molar-refractivity contribution < 1.29 is 14.3 Å². The van der Waals surface area contributed by atoms with Gasteiger partial charge in [-0.15, -0.1) is 5.92 Å². The molecule has 1 N–H and O–H groups in total. The number of nitrogens with one attached hydrogen (secondary N) is 1. The quantitative estimate of drug-likeness (QED) is 0.450. The lowest BCUT2D eigenvalue weighted by atomic mass is 9.51. The summed E-state index contributed by atoms with van der Waals surface area (Å²) in [4.78, 5) is 24.5. The summed E-state index contributed by atoms with van der Waals surface area (Å²) in [6.45, 7) is 5.68. The third-order valence-electron chi connectivity index (χ3n) is 9.10. The van der Waals surface area contributed by atoms with Gasteiger partial charge in [0.15, 0.2) is 11.4 Å². The minimum Gasteiger partial charge on any atom is -0.445 e. The fraction of sp³-hybridized carbons (Fsp3) is 0.533. The molecule has 0 bridgehead atoms. The van der Waals surface area contributed by atoms with E-state index in [1.807, 2.05) is 20.0 Å². The van der Waals surface area contributed by atoms with E-state index in [2.05, 4.69) is 48.3 Å². The van der Waals surface area contributed by atoms with Crippen LogP contribution in [0, 0.1) is 29.1 Å². The van der Waals surface area contributed by atoms with E-state index in [-0.39, 0.29) is 23.1 Å². The van der Waals surface area contributed by atoms with Crippen LogP contribution in [-0.4, -0.2) is 24.4 Å². The van der Waals surface area contributed by atoms with E-state index in [1.165, 1.54) is 23.6 Å². The number of esters is 1. The van der Waals surface area contributed by atoms with Gasteiger partial charge in [-0.05, 0) is 92.2 Å². The van der Waals surface area contributed by atoms with Crippen molar-refractivity contribution in [3.63, 3.8) is 0 Å². The average molecular weight is 458 g/mol. The first-order chi connectivity index (χ1) is 16.3. The second kappa shape index (κ2) is 8.45. The number of hydrogen-bond acceptors (Lipinski definition) is 4. The van der Waals surface area contributed by atoms with E-state index in [1.54, 1.807) is 5.57 Å². The maximum atomic E-state index is 12.3. The molecule has 0 unspecified atom stereocenters. The number of rotatable bonds is 3. The largest absolute Gasteiger partial charge is 0.445 e. The van der Waals surface area contributed by atoms with Crippen LogP contribution in [0.25, 0.3) is 0 Å². The van der Waals surface area contributed by atoms with Crippen LogP contribution in [0.3, 0.4) is 0 Å². The third kappa shape index (κ3) is 3.44. The second-order valence-electron chi connectivity index (χ2n) is 10.7. The highest BCUT2D eigenvalue weighted by atomic mass is 16.6. The van der Waals surface area contributed by atoms with Gasteiger partial charge in [-0.3, -0.25) is 9.59 Å². The zero-order valence-electron chi connectivity index (χ0n) is 20.8. The van der Waals surface area contributed by atoms with Crippen LogP contribution < -0.4 is 5.32 Å². The summed E-state index contributed by atoms with van der Waals surface area (Å²) < 4.78 is 6.14. The first-order valence-electron chi connectivity index (χ1n) is 12.7. The lowest BCUT2D eigenvalue weighted by molar-refractivity contribution is -0.164. The molecule has 0 heterocycles. The van der Waals surface area contributed by atoms with Gasteiger partial charge in [0.05, 0.1) is 0 Å². The number of anilines is 1. The van der Waals surface area contributed by atoms with Gasteiger partial charge in [-0.2, -0.15) is 0 Å². The summed E-state index contributed by atoms with van der Waals surface area (Å²) in [6, 6.07) is 8.77. The SMILES string of the molecule is CC#C[C@]1(OC(C)=O)CC[C@H]2[C@@H]3CCC4=CC(=O)CCC4=C3[C@@H](c3ccc(NC)cc3)C[C@@]21C. The van der Waals surface area contributed by atoms with Crippen molar-refractivity contribution in [3.8, 4) is 11.8 Å². The Kier molecular flexibility index (Phi) is 5.71. The zero-order chi connectivity index (χ0) is 24.1. The summed E-state index contributed by atoms with van der Waals surface area (Å²) in [5, 5.41) is 3.23. The van der Waals surface area contributed by atoms with Crippen LogP contribution in [0.1, 0.15) is 77.2 Å². The Balaban J connectivity index is 1.69. The number of hydrogen-bond donors (Lipinski definition) is 1. The molecule has 2 fully saturated rings. The van der Waals surface area contributed by atoms with Crippen molar-refractivity contribution in [3.05, 3.63) is 52.6 Å². The van der Waals surface area contributed by atoms with Gasteiger partial charge < -0.3 is 10.1 Å². The number of carbonyl (C=O) groups excluding carboxylic acids is 2. The van der Waals surface area contributed by atoms with E-state index in [0.29, 0.717) is 18.3 Å². The van der Waals surface area contributed by atoms with Crippen molar-refractivity contribution >= 4 is 17.4 Å². The molecule has 5 rings (SSSR count). The molecule has 4 heteroatoms. The Morgan fingerprint density at radius 1 is 1.15 bits per heavy atom. The molecule has 0 aliphatic heterocycles. The number of fused-ring (bicyclic) bond motifs is 4. The van der Waals surface area contributed by atoms with Gasteiger partial charge >= 0.3 is 5.97 Å². The molecule has 0 spiro atoms. The molecule has 1 aromatic carbocycles. The lowest BCUT2D eigenvalue weighted by Gasteiger charge is -2.54. The molecule has 4 aliphatic rings. The number of carbonyl (C=O) groups is 2. The van der Waals surface area contributed by atoms with Gasteiger partial charge in [-0.1, -0.05) is 30.6 Å². The standard InChI is InChI=1S/C30H35NO3/c1-5-15-30(34-19(2)32)16-14-27-25-12-8-21-17-23(33)11-13-24(21)28(25)26(18-29(27,30)3)20-6-9-22(31-4)10-7-20/h6-7,9-10,17,25-27,31H,8,11-14,16,18H2,1-4H3/t25-,26+,27-,29-,30-/m0/s1. The summed E-state index contributed by atoms with van der Waals surface area (Å²) in [5.74, 6) is 7.62. The maximum Gasteiger partial charge on any atom is 0.304 e. The van der Waals surface area contributed by atoms with Gasteiger partial charge in [0.1, 0.15) is 0 Å². The van der Waals surface area contributed by atoms with Crippen molar-refractivity contribution in [1.29, 1.82) is 0 Å². The Hall–Kier alpha value is -2.80. The minimum atomic E-state index is -0.740. The second-order valence-corrected chi connectivity index (χ2v) is 10.7. The molecular weight excluding hydrogens is 422 g/mol. The summed E-state index contributed by atoms with van der Waals surface area (Å²) in [6.07, 6.45) is 8.11. The highest BCUT2D eigenvalue weighted by Gasteiger charge is 2.65. The Labute approximate surface area is 203 Å². The predicted octanol–water partition coefficient (Wildman–Crippen LogP) is 5.95. The highest BCUT2D eigenvalue weighted by Crippen LogP contribution is 2.67. The molecule has 0 saturated heterocycles. The van der Waals surface area contributed by atoms with E-state index in [0.717, 1.165) is 44.2 Å². The Bertz CT molecular complexity index is 1150. The van der Waals surface area contributed by atoms with Crippen LogP contribution in [0.5, 0.6) is 0 Å². The first kappa shape index (κ1) is 23.0. The van der Waals surface area contributed by atoms with E-state index in [4.69, 9.17) is 4.74 Å². The normalized spacial score (nSPS) is 34.2. The molecule has 5 atom stereocenters.